The summed E-state index contributed by atoms with van der Waals surface area (Å²) < 4.78 is 0. The largest absolute Gasteiger partial charge is 0.384 e. The van der Waals surface area contributed by atoms with Crippen LogP contribution in [0.3, 0.4) is 0 Å². The van der Waals surface area contributed by atoms with Crippen LogP contribution in [-0.4, -0.2) is 9.97 Å². The minimum absolute atomic E-state index is 0.116. The zero-order valence-corrected chi connectivity index (χ0v) is 13.5. The summed E-state index contributed by atoms with van der Waals surface area (Å²) in [6.07, 6.45) is 0. The predicted molar refractivity (Wildman–Crippen MR) is 86.2 cm³/mol. The summed E-state index contributed by atoms with van der Waals surface area (Å²) in [5, 5.41) is 3.40. The molecule has 0 amide bonds. The zero-order valence-electron chi connectivity index (χ0n) is 12.7. The second-order valence-corrected chi connectivity index (χ2v) is 7.39. The van der Waals surface area contributed by atoms with Crippen LogP contribution in [0.5, 0.6) is 0 Å². The molecule has 1 atom stereocenters. The molecular weight excluding hydrogens is 268 g/mol. The number of nitrogens with two attached hydrogens (primary N) is 1. The summed E-state index contributed by atoms with van der Waals surface area (Å²) >= 11 is 1.79. The summed E-state index contributed by atoms with van der Waals surface area (Å²) in [5.41, 5.74) is 5.77. The molecule has 2 aromatic heterocycles. The van der Waals surface area contributed by atoms with E-state index in [1.165, 1.54) is 9.75 Å². The minimum atomic E-state index is -0.116. The molecule has 0 spiro atoms. The average molecular weight is 290 g/mol. The lowest BCUT2D eigenvalue weighted by Crippen LogP contribution is -2.18. The van der Waals surface area contributed by atoms with Gasteiger partial charge in [-0.3, -0.25) is 0 Å². The molecule has 0 aliphatic carbocycles. The summed E-state index contributed by atoms with van der Waals surface area (Å²) in [4.78, 5) is 11.5. The van der Waals surface area contributed by atoms with Crippen molar-refractivity contribution in [1.82, 2.24) is 9.97 Å². The van der Waals surface area contributed by atoms with E-state index in [-0.39, 0.29) is 11.5 Å². The molecule has 0 aliphatic rings. The molecule has 0 bridgehead atoms. The van der Waals surface area contributed by atoms with E-state index in [0.717, 1.165) is 11.6 Å². The molecule has 4 nitrogen and oxygen atoms in total. The molecule has 3 N–H and O–H groups in total. The van der Waals surface area contributed by atoms with Crippen molar-refractivity contribution in [2.75, 3.05) is 11.1 Å². The normalized spacial score (nSPS) is 13.2. The lowest BCUT2D eigenvalue weighted by molar-refractivity contribution is 0.546. The van der Waals surface area contributed by atoms with Crippen molar-refractivity contribution in [2.24, 2.45) is 0 Å². The van der Waals surface area contributed by atoms with Crippen LogP contribution in [0.1, 0.15) is 49.3 Å². The first-order chi connectivity index (χ1) is 9.25. The molecule has 20 heavy (non-hydrogen) atoms. The predicted octanol–water partition coefficient (Wildman–Crippen LogP) is 3.90. The maximum atomic E-state index is 5.89. The molecule has 0 fully saturated rings. The van der Waals surface area contributed by atoms with E-state index >= 15 is 0 Å². The van der Waals surface area contributed by atoms with Crippen LogP contribution >= 0.6 is 11.3 Å². The van der Waals surface area contributed by atoms with Crippen LogP contribution in [-0.2, 0) is 5.41 Å². The highest BCUT2D eigenvalue weighted by atomic mass is 32.1. The van der Waals surface area contributed by atoms with Crippen molar-refractivity contribution >= 4 is 23.0 Å². The molecule has 0 aromatic carbocycles. The topological polar surface area (TPSA) is 63.8 Å². The van der Waals surface area contributed by atoms with Gasteiger partial charge in [-0.05, 0) is 26.0 Å². The Morgan fingerprint density at radius 2 is 1.95 bits per heavy atom. The smallest absolute Gasteiger partial charge is 0.138 e. The summed E-state index contributed by atoms with van der Waals surface area (Å²) in [6.45, 7) is 10.5. The van der Waals surface area contributed by atoms with Crippen molar-refractivity contribution < 1.29 is 0 Å². The Morgan fingerprint density at radius 3 is 2.50 bits per heavy atom. The monoisotopic (exact) mass is 290 g/mol. The Balaban J connectivity index is 2.23. The second kappa shape index (κ2) is 5.40. The van der Waals surface area contributed by atoms with Crippen LogP contribution in [0.4, 0.5) is 11.6 Å². The number of hydrogen-bond donors (Lipinski definition) is 2. The average Bonchev–Trinajstić information content (AvgIpc) is 2.74. The third-order valence-corrected chi connectivity index (χ3v) is 4.15. The van der Waals surface area contributed by atoms with Crippen molar-refractivity contribution in [2.45, 2.75) is 46.1 Å². The number of aromatic nitrogens is 2. The lowest BCUT2D eigenvalue weighted by Gasteiger charge is -2.19. The van der Waals surface area contributed by atoms with E-state index in [4.69, 9.17) is 5.73 Å². The van der Waals surface area contributed by atoms with Gasteiger partial charge in [0.25, 0.3) is 0 Å². The number of anilines is 2. The second-order valence-electron chi connectivity index (χ2n) is 6.07. The van der Waals surface area contributed by atoms with Gasteiger partial charge < -0.3 is 11.1 Å². The van der Waals surface area contributed by atoms with E-state index in [1.54, 1.807) is 17.4 Å². The molecule has 5 heteroatoms. The summed E-state index contributed by atoms with van der Waals surface area (Å²) in [5.74, 6) is 2.04. The number of hydrogen-bond acceptors (Lipinski definition) is 5. The van der Waals surface area contributed by atoms with E-state index in [2.05, 4.69) is 62.0 Å². The number of nitrogens with one attached hydrogen (secondary N) is 1. The molecule has 108 valence electrons. The molecule has 2 rings (SSSR count). The minimum Gasteiger partial charge on any atom is -0.384 e. The number of aryl methyl sites for hydroxylation is 1. The third kappa shape index (κ3) is 3.48. The van der Waals surface area contributed by atoms with E-state index in [1.807, 2.05) is 0 Å². The van der Waals surface area contributed by atoms with Gasteiger partial charge in [0.15, 0.2) is 0 Å². The van der Waals surface area contributed by atoms with Gasteiger partial charge in [0.05, 0.1) is 6.04 Å². The molecule has 0 radical (unpaired) electrons. The molecule has 0 aliphatic heterocycles. The Hall–Kier alpha value is -1.62. The van der Waals surface area contributed by atoms with Gasteiger partial charge in [0, 0.05) is 21.2 Å². The maximum Gasteiger partial charge on any atom is 0.138 e. The van der Waals surface area contributed by atoms with Crippen LogP contribution in [0.2, 0.25) is 0 Å². The number of nitrogen functional groups attached to an aromatic ring is 1. The van der Waals surface area contributed by atoms with Gasteiger partial charge in [-0.25, -0.2) is 9.97 Å². The summed E-state index contributed by atoms with van der Waals surface area (Å²) in [6, 6.07) is 6.27. The number of nitrogens with zero attached hydrogens (tertiary/aromatic N) is 2. The fourth-order valence-electron chi connectivity index (χ4n) is 1.85. The van der Waals surface area contributed by atoms with Crippen molar-refractivity contribution in [1.29, 1.82) is 0 Å². The Labute approximate surface area is 124 Å². The number of thiophene rings is 1. The Bertz CT molecular complexity index is 598. The SMILES string of the molecule is Cc1ccc(C(C)Nc2cc(N)nc(C(C)(C)C)n2)s1. The van der Waals surface area contributed by atoms with E-state index in [9.17, 15) is 0 Å². The van der Waals surface area contributed by atoms with Crippen LogP contribution in [0, 0.1) is 6.92 Å². The van der Waals surface area contributed by atoms with Gasteiger partial charge >= 0.3 is 0 Å². The van der Waals surface area contributed by atoms with Gasteiger partial charge in [0.2, 0.25) is 0 Å². The molecule has 1 unspecified atom stereocenters. The lowest BCUT2D eigenvalue weighted by atomic mass is 9.96. The molecule has 0 saturated carbocycles. The molecule has 2 heterocycles. The standard InChI is InChI=1S/C15H22N4S/c1-9-6-7-11(20-9)10(2)17-13-8-12(16)18-14(19-13)15(3,4)5/h6-8,10H,1-5H3,(H3,16,17,18,19). The van der Waals surface area contributed by atoms with Crippen molar-refractivity contribution in [3.63, 3.8) is 0 Å². The van der Waals surface area contributed by atoms with E-state index < -0.39 is 0 Å². The zero-order chi connectivity index (χ0) is 14.9. The molecule has 2 aromatic rings. The maximum absolute atomic E-state index is 5.89. The quantitative estimate of drug-likeness (QED) is 0.900. The Morgan fingerprint density at radius 1 is 1.25 bits per heavy atom. The third-order valence-electron chi connectivity index (χ3n) is 2.97. The number of rotatable bonds is 3. The van der Waals surface area contributed by atoms with E-state index in [0.29, 0.717) is 5.82 Å². The molecular formula is C15H22N4S. The molecule has 0 saturated heterocycles. The van der Waals surface area contributed by atoms with Gasteiger partial charge in [0.1, 0.15) is 17.5 Å². The summed E-state index contributed by atoms with van der Waals surface area (Å²) in [7, 11) is 0. The van der Waals surface area contributed by atoms with Crippen molar-refractivity contribution in [3.05, 3.63) is 33.8 Å². The first-order valence-electron chi connectivity index (χ1n) is 6.73. The Kier molecular flexibility index (Phi) is 3.99. The van der Waals surface area contributed by atoms with Crippen molar-refractivity contribution in [3.8, 4) is 0 Å². The van der Waals surface area contributed by atoms with Crippen LogP contribution in [0.15, 0.2) is 18.2 Å². The fourth-order valence-corrected chi connectivity index (χ4v) is 2.73. The van der Waals surface area contributed by atoms with Crippen LogP contribution < -0.4 is 11.1 Å². The first-order valence-corrected chi connectivity index (χ1v) is 7.55. The van der Waals surface area contributed by atoms with Gasteiger partial charge in [-0.15, -0.1) is 11.3 Å². The fraction of sp³-hybridized carbons (Fsp3) is 0.467. The highest BCUT2D eigenvalue weighted by Crippen LogP contribution is 2.27. The van der Waals surface area contributed by atoms with Crippen LogP contribution in [0.25, 0.3) is 0 Å². The highest BCUT2D eigenvalue weighted by Gasteiger charge is 2.19. The van der Waals surface area contributed by atoms with Gasteiger partial charge in [-0.2, -0.15) is 0 Å². The highest BCUT2D eigenvalue weighted by molar-refractivity contribution is 7.12. The van der Waals surface area contributed by atoms with Gasteiger partial charge in [-0.1, -0.05) is 20.8 Å². The first kappa shape index (κ1) is 14.8.